The van der Waals surface area contributed by atoms with E-state index in [-0.39, 0.29) is 0 Å². The van der Waals surface area contributed by atoms with Crippen LogP contribution in [0.15, 0.2) is 30.3 Å². The molecule has 86 valence electrons. The van der Waals surface area contributed by atoms with Crippen molar-refractivity contribution in [2.75, 3.05) is 13.1 Å². The van der Waals surface area contributed by atoms with Crippen LogP contribution in [-0.4, -0.2) is 13.1 Å². The van der Waals surface area contributed by atoms with Gasteiger partial charge in [-0.05, 0) is 55.5 Å². The third-order valence-electron chi connectivity index (χ3n) is 3.26. The van der Waals surface area contributed by atoms with Crippen LogP contribution in [0.4, 0.5) is 0 Å². The fourth-order valence-corrected chi connectivity index (χ4v) is 2.37. The highest BCUT2D eigenvalue weighted by Gasteiger charge is 2.07. The second kappa shape index (κ2) is 5.86. The Morgan fingerprint density at radius 2 is 2.06 bits per heavy atom. The first kappa shape index (κ1) is 11.4. The van der Waals surface area contributed by atoms with Crippen molar-refractivity contribution in [3.63, 3.8) is 0 Å². The highest BCUT2D eigenvalue weighted by atomic mass is 14.8. The molecule has 1 heterocycles. The van der Waals surface area contributed by atoms with E-state index < -0.39 is 0 Å². The summed E-state index contributed by atoms with van der Waals surface area (Å²) >= 11 is 0. The van der Waals surface area contributed by atoms with E-state index in [0.717, 1.165) is 25.9 Å². The quantitative estimate of drug-likeness (QED) is 0.797. The molecule has 0 saturated carbocycles. The van der Waals surface area contributed by atoms with Gasteiger partial charge in [-0.25, -0.2) is 0 Å². The molecule has 0 spiro atoms. The Morgan fingerprint density at radius 3 is 2.94 bits per heavy atom. The zero-order valence-electron chi connectivity index (χ0n) is 10.1. The van der Waals surface area contributed by atoms with E-state index in [1.54, 1.807) is 5.57 Å². The lowest BCUT2D eigenvalue weighted by Crippen LogP contribution is -2.17. The van der Waals surface area contributed by atoms with Gasteiger partial charge in [0.2, 0.25) is 0 Å². The SMILES string of the molecule is CCc1ccccc1/C1=C\CCNCCC1. The van der Waals surface area contributed by atoms with Gasteiger partial charge in [-0.3, -0.25) is 0 Å². The molecule has 0 aromatic heterocycles. The first-order chi connectivity index (χ1) is 7.92. The number of aryl methyl sites for hydroxylation is 1. The molecule has 0 aliphatic carbocycles. The number of rotatable bonds is 2. The van der Waals surface area contributed by atoms with Crippen LogP contribution in [0.3, 0.4) is 0 Å². The summed E-state index contributed by atoms with van der Waals surface area (Å²) in [7, 11) is 0. The maximum atomic E-state index is 3.44. The van der Waals surface area contributed by atoms with Gasteiger partial charge < -0.3 is 5.32 Å². The number of benzene rings is 1. The van der Waals surface area contributed by atoms with E-state index in [4.69, 9.17) is 0 Å². The van der Waals surface area contributed by atoms with Gasteiger partial charge in [0.1, 0.15) is 0 Å². The number of nitrogens with one attached hydrogen (secondary N) is 1. The first-order valence-corrected chi connectivity index (χ1v) is 6.40. The Labute approximate surface area is 98.6 Å². The zero-order chi connectivity index (χ0) is 11.2. The molecule has 0 bridgehead atoms. The number of allylic oxidation sites excluding steroid dienone is 1. The largest absolute Gasteiger partial charge is 0.316 e. The third kappa shape index (κ3) is 2.73. The number of hydrogen-bond donors (Lipinski definition) is 1. The zero-order valence-corrected chi connectivity index (χ0v) is 10.1. The minimum absolute atomic E-state index is 1.12. The molecule has 0 unspecified atom stereocenters. The predicted molar refractivity (Wildman–Crippen MR) is 70.5 cm³/mol. The van der Waals surface area contributed by atoms with Crippen LogP contribution in [0.1, 0.15) is 37.3 Å². The van der Waals surface area contributed by atoms with Crippen LogP contribution >= 0.6 is 0 Å². The highest BCUT2D eigenvalue weighted by Crippen LogP contribution is 2.25. The van der Waals surface area contributed by atoms with Crippen LogP contribution in [-0.2, 0) is 6.42 Å². The van der Waals surface area contributed by atoms with E-state index in [1.807, 2.05) is 0 Å². The molecule has 2 rings (SSSR count). The number of hydrogen-bond acceptors (Lipinski definition) is 1. The molecule has 1 aromatic carbocycles. The van der Waals surface area contributed by atoms with E-state index in [2.05, 4.69) is 42.6 Å². The Kier molecular flexibility index (Phi) is 4.17. The van der Waals surface area contributed by atoms with Crippen molar-refractivity contribution in [1.82, 2.24) is 5.32 Å². The van der Waals surface area contributed by atoms with Gasteiger partial charge in [-0.15, -0.1) is 0 Å². The van der Waals surface area contributed by atoms with Gasteiger partial charge in [0.25, 0.3) is 0 Å². The maximum Gasteiger partial charge on any atom is -0.00141 e. The molecule has 0 atom stereocenters. The predicted octanol–water partition coefficient (Wildman–Crippen LogP) is 3.41. The van der Waals surface area contributed by atoms with Crippen molar-refractivity contribution in [2.45, 2.75) is 32.6 Å². The fraction of sp³-hybridized carbons (Fsp3) is 0.467. The van der Waals surface area contributed by atoms with Crippen molar-refractivity contribution < 1.29 is 0 Å². The molecular formula is C15H21N. The molecule has 0 amide bonds. The summed E-state index contributed by atoms with van der Waals surface area (Å²) in [6.07, 6.45) is 7.17. The van der Waals surface area contributed by atoms with Crippen LogP contribution in [0, 0.1) is 0 Å². The van der Waals surface area contributed by atoms with Crippen molar-refractivity contribution in [2.24, 2.45) is 0 Å². The fourth-order valence-electron chi connectivity index (χ4n) is 2.37. The average molecular weight is 215 g/mol. The minimum atomic E-state index is 1.12. The van der Waals surface area contributed by atoms with E-state index in [1.165, 1.54) is 24.0 Å². The Hall–Kier alpha value is -1.08. The van der Waals surface area contributed by atoms with Gasteiger partial charge in [0.15, 0.2) is 0 Å². The van der Waals surface area contributed by atoms with Crippen molar-refractivity contribution in [1.29, 1.82) is 0 Å². The van der Waals surface area contributed by atoms with Crippen molar-refractivity contribution in [3.05, 3.63) is 41.5 Å². The topological polar surface area (TPSA) is 12.0 Å². The van der Waals surface area contributed by atoms with Gasteiger partial charge in [-0.2, -0.15) is 0 Å². The summed E-state index contributed by atoms with van der Waals surface area (Å²) in [4.78, 5) is 0. The summed E-state index contributed by atoms with van der Waals surface area (Å²) in [5.74, 6) is 0. The minimum Gasteiger partial charge on any atom is -0.316 e. The standard InChI is InChI=1S/C15H21N/c1-2-13-7-3-4-10-15(13)14-8-5-11-16-12-6-9-14/h3-4,7-8,10,16H,2,5-6,9,11-12H2,1H3/b14-8-. The van der Waals surface area contributed by atoms with Gasteiger partial charge in [0, 0.05) is 0 Å². The molecule has 1 heteroatoms. The summed E-state index contributed by atoms with van der Waals surface area (Å²) in [6, 6.07) is 8.84. The maximum absolute atomic E-state index is 3.44. The Balaban J connectivity index is 2.26. The van der Waals surface area contributed by atoms with Gasteiger partial charge in [-0.1, -0.05) is 37.3 Å². The molecular weight excluding hydrogens is 194 g/mol. The normalized spacial score (nSPS) is 20.7. The second-order valence-electron chi connectivity index (χ2n) is 4.38. The molecule has 1 aliphatic heterocycles. The summed E-state index contributed by atoms with van der Waals surface area (Å²) < 4.78 is 0. The van der Waals surface area contributed by atoms with Crippen LogP contribution in [0.2, 0.25) is 0 Å². The lowest BCUT2D eigenvalue weighted by atomic mass is 9.93. The summed E-state index contributed by atoms with van der Waals surface area (Å²) in [6.45, 7) is 4.52. The monoisotopic (exact) mass is 215 g/mol. The van der Waals surface area contributed by atoms with Crippen molar-refractivity contribution in [3.8, 4) is 0 Å². The lowest BCUT2D eigenvalue weighted by molar-refractivity contribution is 0.650. The second-order valence-corrected chi connectivity index (χ2v) is 4.38. The Morgan fingerprint density at radius 1 is 1.19 bits per heavy atom. The van der Waals surface area contributed by atoms with Crippen LogP contribution < -0.4 is 5.32 Å². The summed E-state index contributed by atoms with van der Waals surface area (Å²) in [5.41, 5.74) is 4.52. The van der Waals surface area contributed by atoms with Crippen molar-refractivity contribution >= 4 is 5.57 Å². The average Bonchev–Trinajstić information content (AvgIpc) is 2.29. The molecule has 0 radical (unpaired) electrons. The molecule has 16 heavy (non-hydrogen) atoms. The van der Waals surface area contributed by atoms with Crippen LogP contribution in [0.25, 0.3) is 5.57 Å². The third-order valence-corrected chi connectivity index (χ3v) is 3.26. The molecule has 1 aromatic rings. The van der Waals surface area contributed by atoms with E-state index >= 15 is 0 Å². The van der Waals surface area contributed by atoms with E-state index in [9.17, 15) is 0 Å². The molecule has 1 nitrogen and oxygen atoms in total. The lowest BCUT2D eigenvalue weighted by Gasteiger charge is -2.15. The summed E-state index contributed by atoms with van der Waals surface area (Å²) in [5, 5.41) is 3.44. The van der Waals surface area contributed by atoms with E-state index in [0.29, 0.717) is 0 Å². The van der Waals surface area contributed by atoms with Gasteiger partial charge >= 0.3 is 0 Å². The van der Waals surface area contributed by atoms with Crippen LogP contribution in [0.5, 0.6) is 0 Å². The Bertz CT molecular complexity index is 365. The molecule has 0 saturated heterocycles. The highest BCUT2D eigenvalue weighted by molar-refractivity contribution is 5.68. The molecule has 1 aliphatic rings. The molecule has 1 N–H and O–H groups in total. The van der Waals surface area contributed by atoms with Gasteiger partial charge in [0.05, 0.1) is 0 Å². The smallest absolute Gasteiger partial charge is 0.00141 e. The first-order valence-electron chi connectivity index (χ1n) is 6.40. The molecule has 0 fully saturated rings.